The standard InChI is InChI=1S/C11H13N3O/c1-2-8-7-11(12)14(13-8)9-3-5-10(15)6-4-9/h3-7,15H,2,12H2,1H3. The third-order valence-corrected chi connectivity index (χ3v) is 2.24. The maximum atomic E-state index is 9.16. The minimum atomic E-state index is 0.236. The number of rotatable bonds is 2. The molecule has 1 aromatic carbocycles. The fourth-order valence-electron chi connectivity index (χ4n) is 1.42. The molecule has 1 aromatic heterocycles. The Morgan fingerprint density at radius 2 is 2.00 bits per heavy atom. The molecule has 4 heteroatoms. The van der Waals surface area contributed by atoms with Gasteiger partial charge < -0.3 is 10.8 Å². The summed E-state index contributed by atoms with van der Waals surface area (Å²) in [5.41, 5.74) is 7.64. The van der Waals surface area contributed by atoms with Gasteiger partial charge in [-0.1, -0.05) is 6.92 Å². The van der Waals surface area contributed by atoms with E-state index in [1.165, 1.54) is 0 Å². The number of aromatic hydroxyl groups is 1. The van der Waals surface area contributed by atoms with Crippen molar-refractivity contribution < 1.29 is 5.11 Å². The number of benzene rings is 1. The molecule has 0 unspecified atom stereocenters. The van der Waals surface area contributed by atoms with Crippen LogP contribution in [0.4, 0.5) is 5.82 Å². The summed E-state index contributed by atoms with van der Waals surface area (Å²) < 4.78 is 1.66. The molecule has 2 aromatic rings. The maximum Gasteiger partial charge on any atom is 0.127 e. The number of hydrogen-bond donors (Lipinski definition) is 2. The molecule has 0 aliphatic heterocycles. The lowest BCUT2D eigenvalue weighted by atomic mass is 10.3. The number of aryl methyl sites for hydroxylation is 1. The van der Waals surface area contributed by atoms with Crippen molar-refractivity contribution >= 4 is 5.82 Å². The van der Waals surface area contributed by atoms with Gasteiger partial charge in [0.2, 0.25) is 0 Å². The van der Waals surface area contributed by atoms with Crippen LogP contribution in [-0.4, -0.2) is 14.9 Å². The molecule has 0 aliphatic carbocycles. The van der Waals surface area contributed by atoms with Crippen molar-refractivity contribution in [3.05, 3.63) is 36.0 Å². The molecule has 0 saturated heterocycles. The molecule has 0 saturated carbocycles. The number of aromatic nitrogens is 2. The smallest absolute Gasteiger partial charge is 0.127 e. The first kappa shape index (κ1) is 9.58. The van der Waals surface area contributed by atoms with E-state index >= 15 is 0 Å². The average Bonchev–Trinajstić information content (AvgIpc) is 2.61. The Labute approximate surface area is 88.0 Å². The van der Waals surface area contributed by atoms with E-state index in [1.807, 2.05) is 13.0 Å². The summed E-state index contributed by atoms with van der Waals surface area (Å²) in [4.78, 5) is 0. The fourth-order valence-corrected chi connectivity index (χ4v) is 1.42. The monoisotopic (exact) mass is 203 g/mol. The van der Waals surface area contributed by atoms with Crippen molar-refractivity contribution in [2.45, 2.75) is 13.3 Å². The zero-order valence-electron chi connectivity index (χ0n) is 8.51. The van der Waals surface area contributed by atoms with E-state index in [4.69, 9.17) is 10.8 Å². The van der Waals surface area contributed by atoms with Crippen LogP contribution in [0.2, 0.25) is 0 Å². The molecule has 0 atom stereocenters. The first-order valence-corrected chi connectivity index (χ1v) is 4.84. The second kappa shape index (κ2) is 3.65. The van der Waals surface area contributed by atoms with Gasteiger partial charge in [0.15, 0.2) is 0 Å². The largest absolute Gasteiger partial charge is 0.508 e. The van der Waals surface area contributed by atoms with E-state index in [1.54, 1.807) is 28.9 Å². The first-order valence-electron chi connectivity index (χ1n) is 4.84. The summed E-state index contributed by atoms with van der Waals surface area (Å²) >= 11 is 0. The molecule has 0 radical (unpaired) electrons. The SMILES string of the molecule is CCc1cc(N)n(-c2ccc(O)cc2)n1. The summed E-state index contributed by atoms with van der Waals surface area (Å²) in [6.45, 7) is 2.03. The van der Waals surface area contributed by atoms with Crippen LogP contribution in [0.15, 0.2) is 30.3 Å². The molecule has 0 fully saturated rings. The highest BCUT2D eigenvalue weighted by molar-refractivity contribution is 5.44. The first-order chi connectivity index (χ1) is 7.20. The highest BCUT2D eigenvalue weighted by Gasteiger charge is 2.05. The molecule has 2 rings (SSSR count). The predicted octanol–water partition coefficient (Wildman–Crippen LogP) is 1.72. The van der Waals surface area contributed by atoms with Gasteiger partial charge in [-0.3, -0.25) is 0 Å². The van der Waals surface area contributed by atoms with Crippen LogP contribution in [0.5, 0.6) is 5.75 Å². The number of nitrogens with two attached hydrogens (primary N) is 1. The number of phenolic OH excluding ortho intramolecular Hbond substituents is 1. The van der Waals surface area contributed by atoms with Crippen molar-refractivity contribution in [1.82, 2.24) is 9.78 Å². The number of nitrogens with zero attached hydrogens (tertiary/aromatic N) is 2. The lowest BCUT2D eigenvalue weighted by molar-refractivity contribution is 0.475. The van der Waals surface area contributed by atoms with E-state index in [9.17, 15) is 0 Å². The minimum Gasteiger partial charge on any atom is -0.508 e. The third kappa shape index (κ3) is 1.79. The zero-order chi connectivity index (χ0) is 10.8. The van der Waals surface area contributed by atoms with Crippen LogP contribution >= 0.6 is 0 Å². The molecule has 3 N–H and O–H groups in total. The molecule has 78 valence electrons. The number of anilines is 1. The van der Waals surface area contributed by atoms with Gasteiger partial charge in [0, 0.05) is 6.07 Å². The molecular weight excluding hydrogens is 190 g/mol. The summed E-state index contributed by atoms with van der Waals surface area (Å²) in [5, 5.41) is 13.5. The van der Waals surface area contributed by atoms with Gasteiger partial charge >= 0.3 is 0 Å². The van der Waals surface area contributed by atoms with Crippen LogP contribution in [0.25, 0.3) is 5.69 Å². The van der Waals surface area contributed by atoms with Crippen LogP contribution < -0.4 is 5.73 Å². The van der Waals surface area contributed by atoms with Crippen molar-refractivity contribution in [2.24, 2.45) is 0 Å². The summed E-state index contributed by atoms with van der Waals surface area (Å²) in [6, 6.07) is 8.63. The summed E-state index contributed by atoms with van der Waals surface area (Å²) in [6.07, 6.45) is 0.856. The van der Waals surface area contributed by atoms with Crippen LogP contribution in [0, 0.1) is 0 Å². The van der Waals surface area contributed by atoms with Gasteiger partial charge in [-0.15, -0.1) is 0 Å². The Morgan fingerprint density at radius 3 is 2.53 bits per heavy atom. The number of nitrogen functional groups attached to an aromatic ring is 1. The Bertz CT molecular complexity index is 459. The molecule has 4 nitrogen and oxygen atoms in total. The van der Waals surface area contributed by atoms with E-state index in [0.29, 0.717) is 5.82 Å². The highest BCUT2D eigenvalue weighted by atomic mass is 16.3. The second-order valence-electron chi connectivity index (χ2n) is 3.34. The van der Waals surface area contributed by atoms with Crippen molar-refractivity contribution in [3.8, 4) is 11.4 Å². The molecular formula is C11H13N3O. The van der Waals surface area contributed by atoms with Gasteiger partial charge in [-0.05, 0) is 30.7 Å². The van der Waals surface area contributed by atoms with Gasteiger partial charge in [-0.25, -0.2) is 4.68 Å². The summed E-state index contributed by atoms with van der Waals surface area (Å²) in [7, 11) is 0. The van der Waals surface area contributed by atoms with Gasteiger partial charge in [-0.2, -0.15) is 5.10 Å². The second-order valence-corrected chi connectivity index (χ2v) is 3.34. The third-order valence-electron chi connectivity index (χ3n) is 2.24. The molecule has 0 bridgehead atoms. The van der Waals surface area contributed by atoms with E-state index in [0.717, 1.165) is 17.8 Å². The highest BCUT2D eigenvalue weighted by Crippen LogP contribution is 2.17. The Balaban J connectivity index is 2.44. The Kier molecular flexibility index (Phi) is 2.33. The summed E-state index contributed by atoms with van der Waals surface area (Å²) in [5.74, 6) is 0.845. The van der Waals surface area contributed by atoms with Crippen molar-refractivity contribution in [3.63, 3.8) is 0 Å². The van der Waals surface area contributed by atoms with Gasteiger partial charge in [0.05, 0.1) is 11.4 Å². The normalized spacial score (nSPS) is 10.5. The zero-order valence-corrected chi connectivity index (χ0v) is 8.51. The van der Waals surface area contributed by atoms with E-state index in [-0.39, 0.29) is 5.75 Å². The van der Waals surface area contributed by atoms with Gasteiger partial charge in [0.1, 0.15) is 11.6 Å². The van der Waals surface area contributed by atoms with Crippen molar-refractivity contribution in [2.75, 3.05) is 5.73 Å². The fraction of sp³-hybridized carbons (Fsp3) is 0.182. The van der Waals surface area contributed by atoms with Crippen LogP contribution in [0.1, 0.15) is 12.6 Å². The predicted molar refractivity (Wildman–Crippen MR) is 59.0 cm³/mol. The number of phenols is 1. The van der Waals surface area contributed by atoms with Gasteiger partial charge in [0.25, 0.3) is 0 Å². The topological polar surface area (TPSA) is 64.1 Å². The molecule has 1 heterocycles. The maximum absolute atomic E-state index is 9.16. The average molecular weight is 203 g/mol. The molecule has 0 spiro atoms. The lowest BCUT2D eigenvalue weighted by Gasteiger charge is -2.03. The Hall–Kier alpha value is -1.97. The van der Waals surface area contributed by atoms with Crippen LogP contribution in [-0.2, 0) is 6.42 Å². The molecule has 15 heavy (non-hydrogen) atoms. The quantitative estimate of drug-likeness (QED) is 0.781. The van der Waals surface area contributed by atoms with E-state index in [2.05, 4.69) is 5.10 Å². The molecule has 0 amide bonds. The molecule has 0 aliphatic rings. The van der Waals surface area contributed by atoms with E-state index < -0.39 is 0 Å². The lowest BCUT2D eigenvalue weighted by Crippen LogP contribution is -2.01. The number of hydrogen-bond acceptors (Lipinski definition) is 3. The Morgan fingerprint density at radius 1 is 1.33 bits per heavy atom. The van der Waals surface area contributed by atoms with Crippen LogP contribution in [0.3, 0.4) is 0 Å². The van der Waals surface area contributed by atoms with Crippen molar-refractivity contribution in [1.29, 1.82) is 0 Å². The minimum absolute atomic E-state index is 0.236.